The third kappa shape index (κ3) is 3.92. The van der Waals surface area contributed by atoms with E-state index in [0.29, 0.717) is 12.1 Å². The largest absolute Gasteiger partial charge is 0.342 e. The van der Waals surface area contributed by atoms with Crippen molar-refractivity contribution >= 4 is 17.3 Å². The van der Waals surface area contributed by atoms with Crippen LogP contribution < -0.4 is 11.3 Å². The van der Waals surface area contributed by atoms with Gasteiger partial charge in [-0.15, -0.1) is 0 Å². The second-order valence-corrected chi connectivity index (χ2v) is 4.57. The summed E-state index contributed by atoms with van der Waals surface area (Å²) in [6.45, 7) is 2.76. The van der Waals surface area contributed by atoms with Crippen molar-refractivity contribution in [1.82, 2.24) is 4.90 Å². The first kappa shape index (κ1) is 15.9. The SMILES string of the molecule is CCCCCN(C)C(=O)c1ccc([N+](=O)[O-])c(NN)c1. The zero-order chi connectivity index (χ0) is 15.1. The molecule has 20 heavy (non-hydrogen) atoms. The summed E-state index contributed by atoms with van der Waals surface area (Å²) in [5.41, 5.74) is 2.60. The van der Waals surface area contributed by atoms with Crippen LogP contribution in [-0.2, 0) is 0 Å². The second kappa shape index (κ2) is 7.44. The number of nitro groups is 1. The molecule has 0 heterocycles. The van der Waals surface area contributed by atoms with Crippen molar-refractivity contribution in [1.29, 1.82) is 0 Å². The van der Waals surface area contributed by atoms with E-state index in [-0.39, 0.29) is 17.3 Å². The van der Waals surface area contributed by atoms with Gasteiger partial charge in [0.1, 0.15) is 5.69 Å². The Morgan fingerprint density at radius 3 is 2.70 bits per heavy atom. The summed E-state index contributed by atoms with van der Waals surface area (Å²) in [7, 11) is 1.72. The van der Waals surface area contributed by atoms with E-state index in [1.807, 2.05) is 0 Å². The van der Waals surface area contributed by atoms with Crippen LogP contribution in [0.25, 0.3) is 0 Å². The van der Waals surface area contributed by atoms with Crippen LogP contribution in [0.3, 0.4) is 0 Å². The molecular weight excluding hydrogens is 260 g/mol. The number of rotatable bonds is 7. The third-order valence-corrected chi connectivity index (χ3v) is 3.04. The molecule has 7 heteroatoms. The van der Waals surface area contributed by atoms with Crippen LogP contribution in [0, 0.1) is 10.1 Å². The zero-order valence-corrected chi connectivity index (χ0v) is 11.8. The summed E-state index contributed by atoms with van der Waals surface area (Å²) in [4.78, 5) is 24.0. The molecule has 0 unspecified atom stereocenters. The fourth-order valence-electron chi connectivity index (χ4n) is 1.86. The molecule has 1 amide bonds. The summed E-state index contributed by atoms with van der Waals surface area (Å²) in [5, 5.41) is 10.8. The van der Waals surface area contributed by atoms with Crippen molar-refractivity contribution in [3.63, 3.8) is 0 Å². The van der Waals surface area contributed by atoms with Crippen LogP contribution in [0.2, 0.25) is 0 Å². The normalized spacial score (nSPS) is 10.2. The van der Waals surface area contributed by atoms with Crippen molar-refractivity contribution in [3.05, 3.63) is 33.9 Å². The van der Waals surface area contributed by atoms with E-state index in [0.717, 1.165) is 19.3 Å². The Bertz CT molecular complexity index is 491. The number of carbonyl (C=O) groups excluding carboxylic acids is 1. The first-order valence-electron chi connectivity index (χ1n) is 6.51. The number of nitrogens with one attached hydrogen (secondary N) is 1. The number of nitrogens with two attached hydrogens (primary N) is 1. The van der Waals surface area contributed by atoms with E-state index in [1.54, 1.807) is 11.9 Å². The van der Waals surface area contributed by atoms with Crippen molar-refractivity contribution in [2.45, 2.75) is 26.2 Å². The van der Waals surface area contributed by atoms with Gasteiger partial charge in [-0.1, -0.05) is 19.8 Å². The smallest absolute Gasteiger partial charge is 0.293 e. The maximum atomic E-state index is 12.2. The van der Waals surface area contributed by atoms with Gasteiger partial charge in [-0.2, -0.15) is 0 Å². The minimum absolute atomic E-state index is 0.128. The fourth-order valence-corrected chi connectivity index (χ4v) is 1.86. The van der Waals surface area contributed by atoms with Crippen LogP contribution in [0.1, 0.15) is 36.5 Å². The molecule has 3 N–H and O–H groups in total. The number of unbranched alkanes of at least 4 members (excludes halogenated alkanes) is 2. The van der Waals surface area contributed by atoms with Crippen LogP contribution in [-0.4, -0.2) is 29.3 Å². The van der Waals surface area contributed by atoms with E-state index in [9.17, 15) is 14.9 Å². The lowest BCUT2D eigenvalue weighted by molar-refractivity contribution is -0.384. The molecule has 0 aliphatic rings. The van der Waals surface area contributed by atoms with E-state index in [2.05, 4.69) is 12.3 Å². The van der Waals surface area contributed by atoms with Gasteiger partial charge in [0.2, 0.25) is 0 Å². The number of anilines is 1. The first-order chi connectivity index (χ1) is 9.51. The zero-order valence-electron chi connectivity index (χ0n) is 11.8. The number of nitro benzene ring substituents is 1. The molecular formula is C13H20N4O3. The standard InChI is InChI=1S/C13H20N4O3/c1-3-4-5-8-16(2)13(18)10-6-7-12(17(19)20)11(9-10)15-14/h6-7,9,15H,3-5,8,14H2,1-2H3. The Balaban J connectivity index is 2.85. The number of hydrogen-bond donors (Lipinski definition) is 2. The topological polar surface area (TPSA) is 102 Å². The summed E-state index contributed by atoms with van der Waals surface area (Å²) in [6, 6.07) is 4.12. The quantitative estimate of drug-likeness (QED) is 0.345. The van der Waals surface area contributed by atoms with Gasteiger partial charge in [0.25, 0.3) is 11.6 Å². The monoisotopic (exact) mass is 280 g/mol. The maximum Gasteiger partial charge on any atom is 0.293 e. The van der Waals surface area contributed by atoms with E-state index >= 15 is 0 Å². The summed E-state index contributed by atoms with van der Waals surface area (Å²) >= 11 is 0. The van der Waals surface area contributed by atoms with Crippen molar-refractivity contribution in [2.75, 3.05) is 19.0 Å². The highest BCUT2D eigenvalue weighted by Crippen LogP contribution is 2.25. The Morgan fingerprint density at radius 2 is 2.15 bits per heavy atom. The third-order valence-electron chi connectivity index (χ3n) is 3.04. The van der Waals surface area contributed by atoms with Gasteiger partial charge >= 0.3 is 0 Å². The molecule has 0 spiro atoms. The van der Waals surface area contributed by atoms with Crippen molar-refractivity contribution < 1.29 is 9.72 Å². The molecule has 0 aliphatic carbocycles. The first-order valence-corrected chi connectivity index (χ1v) is 6.51. The van der Waals surface area contributed by atoms with E-state index in [1.165, 1.54) is 18.2 Å². The molecule has 0 aromatic heterocycles. The molecule has 0 bridgehead atoms. The van der Waals surface area contributed by atoms with Crippen LogP contribution in [0.4, 0.5) is 11.4 Å². The highest BCUT2D eigenvalue weighted by Gasteiger charge is 2.18. The molecule has 110 valence electrons. The molecule has 1 aromatic carbocycles. The number of benzene rings is 1. The van der Waals surface area contributed by atoms with Gasteiger partial charge in [-0.25, -0.2) is 0 Å². The summed E-state index contributed by atoms with van der Waals surface area (Å²) < 4.78 is 0. The van der Waals surface area contributed by atoms with Gasteiger partial charge in [-0.05, 0) is 18.6 Å². The lowest BCUT2D eigenvalue weighted by Crippen LogP contribution is -2.28. The number of hydrazine groups is 1. The van der Waals surface area contributed by atoms with Crippen LogP contribution >= 0.6 is 0 Å². The molecule has 1 rings (SSSR count). The second-order valence-electron chi connectivity index (χ2n) is 4.57. The highest BCUT2D eigenvalue weighted by atomic mass is 16.6. The number of hydrogen-bond acceptors (Lipinski definition) is 5. The summed E-state index contributed by atoms with van der Waals surface area (Å²) in [6.07, 6.45) is 3.09. The van der Waals surface area contributed by atoms with Crippen molar-refractivity contribution in [2.24, 2.45) is 5.84 Å². The predicted octanol–water partition coefficient (Wildman–Crippen LogP) is 2.14. The summed E-state index contributed by atoms with van der Waals surface area (Å²) in [5.74, 6) is 5.08. The Kier molecular flexibility index (Phi) is 5.92. The highest BCUT2D eigenvalue weighted by molar-refractivity contribution is 5.95. The fraction of sp³-hybridized carbons (Fsp3) is 0.462. The molecule has 0 aliphatic heterocycles. The van der Waals surface area contributed by atoms with Crippen LogP contribution in [0.15, 0.2) is 18.2 Å². The molecule has 0 fully saturated rings. The minimum Gasteiger partial charge on any atom is -0.342 e. The molecule has 7 nitrogen and oxygen atoms in total. The number of nitrogens with zero attached hydrogens (tertiary/aromatic N) is 2. The van der Waals surface area contributed by atoms with Gasteiger partial charge in [0.15, 0.2) is 0 Å². The number of amides is 1. The molecule has 0 atom stereocenters. The van der Waals surface area contributed by atoms with Gasteiger partial charge in [0, 0.05) is 25.2 Å². The molecule has 0 radical (unpaired) electrons. The Labute approximate surface area is 117 Å². The Hall–Kier alpha value is -2.15. The van der Waals surface area contributed by atoms with E-state index < -0.39 is 4.92 Å². The van der Waals surface area contributed by atoms with Gasteiger partial charge < -0.3 is 10.3 Å². The average Bonchev–Trinajstić information content (AvgIpc) is 2.45. The van der Waals surface area contributed by atoms with Crippen LogP contribution in [0.5, 0.6) is 0 Å². The minimum atomic E-state index is -0.547. The van der Waals surface area contributed by atoms with Crippen molar-refractivity contribution in [3.8, 4) is 0 Å². The van der Waals surface area contributed by atoms with E-state index in [4.69, 9.17) is 5.84 Å². The molecule has 1 aromatic rings. The number of carbonyl (C=O) groups is 1. The molecule has 0 saturated heterocycles. The lowest BCUT2D eigenvalue weighted by Gasteiger charge is -2.17. The van der Waals surface area contributed by atoms with Gasteiger partial charge in [0.05, 0.1) is 4.92 Å². The predicted molar refractivity (Wildman–Crippen MR) is 77.4 cm³/mol. The Morgan fingerprint density at radius 1 is 1.45 bits per heavy atom. The maximum absolute atomic E-state index is 12.2. The average molecular weight is 280 g/mol. The molecule has 0 saturated carbocycles. The number of nitrogen functional groups attached to an aromatic ring is 1. The van der Waals surface area contributed by atoms with Gasteiger partial charge in [-0.3, -0.25) is 20.8 Å². The lowest BCUT2D eigenvalue weighted by atomic mass is 10.1.